The van der Waals surface area contributed by atoms with E-state index < -0.39 is 18.9 Å². The highest BCUT2D eigenvalue weighted by atomic mass is 35.5. The molecule has 1 aromatic heterocycles. The molecular formula is C29H33ClF3N3P-. The first-order chi connectivity index (χ1) is 17.1. The highest BCUT2D eigenvalue weighted by molar-refractivity contribution is 7.73. The van der Waals surface area contributed by atoms with Gasteiger partial charge in [0.2, 0.25) is 0 Å². The Hall–Kier alpha value is -2.27. The zero-order valence-corrected chi connectivity index (χ0v) is 23.3. The van der Waals surface area contributed by atoms with Crippen LogP contribution in [0.5, 0.6) is 0 Å². The van der Waals surface area contributed by atoms with Crippen LogP contribution in [0.3, 0.4) is 0 Å². The molecule has 2 heterocycles. The van der Waals surface area contributed by atoms with Gasteiger partial charge in [-0.1, -0.05) is 51.1 Å². The smallest absolute Gasteiger partial charge is 0.418 e. The summed E-state index contributed by atoms with van der Waals surface area (Å²) in [4.78, 5) is 0. The number of alkyl halides is 3. The number of para-hydroxylation sites is 1. The van der Waals surface area contributed by atoms with Crippen molar-refractivity contribution < 1.29 is 25.6 Å². The van der Waals surface area contributed by atoms with E-state index >= 15 is 0 Å². The second-order valence-electron chi connectivity index (χ2n) is 10.5. The molecule has 0 aliphatic carbocycles. The lowest BCUT2D eigenvalue weighted by molar-refractivity contribution is -0.137. The van der Waals surface area contributed by atoms with E-state index in [-0.39, 0.29) is 23.3 Å². The Bertz CT molecular complexity index is 1480. The van der Waals surface area contributed by atoms with E-state index in [0.717, 1.165) is 54.7 Å². The summed E-state index contributed by atoms with van der Waals surface area (Å²) in [6.07, 6.45) is -2.39. The fourth-order valence-electron chi connectivity index (χ4n) is 5.77. The second-order valence-corrected chi connectivity index (χ2v) is 14.3. The Labute approximate surface area is 223 Å². The van der Waals surface area contributed by atoms with E-state index in [1.54, 1.807) is 6.07 Å². The molecule has 1 atom stereocenters. The van der Waals surface area contributed by atoms with Gasteiger partial charge in [0.05, 0.1) is 18.5 Å². The van der Waals surface area contributed by atoms with Crippen molar-refractivity contribution in [3.8, 4) is 0 Å². The van der Waals surface area contributed by atoms with Gasteiger partial charge in [0, 0.05) is 51.9 Å². The largest absolute Gasteiger partial charge is 1.00 e. The molecule has 0 spiro atoms. The summed E-state index contributed by atoms with van der Waals surface area (Å²) >= 11 is 0. The highest BCUT2D eigenvalue weighted by Crippen LogP contribution is 2.65. The van der Waals surface area contributed by atoms with Gasteiger partial charge in [0.15, 0.2) is 0 Å². The maximum Gasteiger partial charge on any atom is 0.418 e. The molecule has 0 bridgehead atoms. The third kappa shape index (κ3) is 4.62. The summed E-state index contributed by atoms with van der Waals surface area (Å²) in [7, 11) is -2.63. The van der Waals surface area contributed by atoms with Crippen LogP contribution in [-0.2, 0) is 12.7 Å². The highest BCUT2D eigenvalue weighted by Gasteiger charge is 2.43. The summed E-state index contributed by atoms with van der Waals surface area (Å²) < 4.78 is 52.1. The molecule has 0 N–H and O–H groups in total. The number of aryl methyl sites for hydroxylation is 1. The summed E-state index contributed by atoms with van der Waals surface area (Å²) in [6.45, 7) is 11.1. The lowest BCUT2D eigenvalue weighted by Gasteiger charge is -2.44. The van der Waals surface area contributed by atoms with Crippen molar-refractivity contribution in [2.75, 3.05) is 13.1 Å². The first-order valence-electron chi connectivity index (χ1n) is 12.6. The van der Waals surface area contributed by atoms with Crippen molar-refractivity contribution in [1.82, 2.24) is 9.24 Å². The number of hydrogen-bond donors (Lipinski definition) is 0. The molecule has 3 aromatic carbocycles. The summed E-state index contributed by atoms with van der Waals surface area (Å²) in [5.41, 5.74) is 1.69. The fraction of sp³-hybridized carbons (Fsp3) is 0.379. The lowest BCUT2D eigenvalue weighted by Crippen LogP contribution is -3.00. The lowest BCUT2D eigenvalue weighted by atomic mass is 10.1. The Morgan fingerprint density at radius 3 is 2.11 bits per heavy atom. The molecule has 1 fully saturated rings. The average Bonchev–Trinajstić information content (AvgIpc) is 3.47. The van der Waals surface area contributed by atoms with E-state index in [2.05, 4.69) is 67.3 Å². The first-order valence-corrected chi connectivity index (χ1v) is 14.3. The minimum absolute atomic E-state index is 0. The van der Waals surface area contributed by atoms with Crippen LogP contribution >= 0.6 is 7.21 Å². The number of rotatable bonds is 4. The normalized spacial score (nSPS) is 16.6. The number of aromatic nitrogens is 1. The predicted molar refractivity (Wildman–Crippen MR) is 146 cm³/mol. The maximum atomic E-state index is 14.1. The van der Waals surface area contributed by atoms with Crippen molar-refractivity contribution >= 4 is 40.0 Å². The SMILES string of the molecule is CCn1c2ccccc2c2cc(P(=Nc3ccccc3C(F)(F)F)(N3CCCC3)C(C)(C)C)ccc21.[Cl-]. The number of fused-ring (bicyclic) bond motifs is 3. The van der Waals surface area contributed by atoms with Crippen LogP contribution in [0.1, 0.15) is 46.1 Å². The number of nitrogens with zero attached hydrogens (tertiary/aromatic N) is 3. The number of halogens is 4. The van der Waals surface area contributed by atoms with Crippen LogP contribution in [0.4, 0.5) is 18.9 Å². The molecule has 1 aliphatic heterocycles. The van der Waals surface area contributed by atoms with Gasteiger partial charge in [0.25, 0.3) is 0 Å². The molecule has 37 heavy (non-hydrogen) atoms. The fourth-order valence-corrected chi connectivity index (χ4v) is 10.2. The van der Waals surface area contributed by atoms with Crippen molar-refractivity contribution in [2.24, 2.45) is 4.74 Å². The van der Waals surface area contributed by atoms with E-state index in [1.807, 2.05) is 12.1 Å². The van der Waals surface area contributed by atoms with E-state index in [1.165, 1.54) is 23.0 Å². The molecule has 1 saturated heterocycles. The molecular weight excluding hydrogens is 514 g/mol. The number of hydrogen-bond acceptors (Lipinski definition) is 1. The van der Waals surface area contributed by atoms with Crippen LogP contribution in [0.15, 0.2) is 71.5 Å². The molecule has 198 valence electrons. The van der Waals surface area contributed by atoms with Crippen LogP contribution in [0.2, 0.25) is 0 Å². The second kappa shape index (κ2) is 10.1. The van der Waals surface area contributed by atoms with Crippen LogP contribution in [0.25, 0.3) is 21.8 Å². The molecule has 8 heteroatoms. The Balaban J connectivity index is 0.00000320. The monoisotopic (exact) mass is 546 g/mol. The van der Waals surface area contributed by atoms with Gasteiger partial charge in [-0.15, -0.1) is 0 Å². The van der Waals surface area contributed by atoms with E-state index in [9.17, 15) is 13.2 Å². The van der Waals surface area contributed by atoms with E-state index in [0.29, 0.717) is 0 Å². The van der Waals surface area contributed by atoms with Crippen LogP contribution in [0, 0.1) is 0 Å². The van der Waals surface area contributed by atoms with E-state index in [4.69, 9.17) is 4.74 Å². The minimum atomic E-state index is -4.46. The van der Waals surface area contributed by atoms with Gasteiger partial charge < -0.3 is 17.0 Å². The van der Waals surface area contributed by atoms with Crippen LogP contribution < -0.4 is 17.7 Å². The molecule has 1 aliphatic rings. The van der Waals surface area contributed by atoms with Crippen molar-refractivity contribution in [3.05, 3.63) is 72.3 Å². The van der Waals surface area contributed by atoms with Gasteiger partial charge in [-0.2, -0.15) is 13.2 Å². The molecule has 0 saturated carbocycles. The topological polar surface area (TPSA) is 20.5 Å². The standard InChI is InChI=1S/C29H33F3N3P.ClH/c1-5-35-26-15-9-6-12-22(26)23-20-21(16-17-27(23)35)36(28(2,3)4,34-18-10-11-19-34)33-25-14-8-7-13-24(25)29(30,31)32;/h6-9,12-17,20H,5,10-11,18-19H2,1-4H3;1H/p-1. The van der Waals surface area contributed by atoms with Gasteiger partial charge in [-0.25, -0.2) is 4.74 Å². The Morgan fingerprint density at radius 1 is 0.838 bits per heavy atom. The molecule has 4 aromatic rings. The minimum Gasteiger partial charge on any atom is -1.00 e. The van der Waals surface area contributed by atoms with Gasteiger partial charge >= 0.3 is 6.18 Å². The third-order valence-electron chi connectivity index (χ3n) is 7.32. The Kier molecular flexibility index (Phi) is 7.60. The number of benzene rings is 3. The van der Waals surface area contributed by atoms with Crippen molar-refractivity contribution in [1.29, 1.82) is 0 Å². The average molecular weight is 547 g/mol. The van der Waals surface area contributed by atoms with Gasteiger partial charge in [-0.05, 0) is 56.2 Å². The van der Waals surface area contributed by atoms with Crippen molar-refractivity contribution in [3.63, 3.8) is 0 Å². The molecule has 5 rings (SSSR count). The summed E-state index contributed by atoms with van der Waals surface area (Å²) in [5.74, 6) is 0. The third-order valence-corrected chi connectivity index (χ3v) is 11.9. The Morgan fingerprint density at radius 2 is 1.46 bits per heavy atom. The molecule has 1 unspecified atom stereocenters. The zero-order chi connectivity index (χ0) is 25.7. The van der Waals surface area contributed by atoms with Crippen molar-refractivity contribution in [2.45, 2.75) is 58.4 Å². The van der Waals surface area contributed by atoms with Gasteiger partial charge in [0.1, 0.15) is 0 Å². The predicted octanol–water partition coefficient (Wildman–Crippen LogP) is 5.80. The molecule has 3 nitrogen and oxygen atoms in total. The maximum absolute atomic E-state index is 14.1. The molecule has 0 radical (unpaired) electrons. The van der Waals surface area contributed by atoms with Crippen LogP contribution in [-0.4, -0.2) is 27.5 Å². The van der Waals surface area contributed by atoms with Gasteiger partial charge in [-0.3, -0.25) is 4.67 Å². The first kappa shape index (κ1) is 27.8. The summed E-state index contributed by atoms with van der Waals surface area (Å²) in [5, 5.41) is 2.98. The quantitative estimate of drug-likeness (QED) is 0.296. The summed E-state index contributed by atoms with van der Waals surface area (Å²) in [6, 6.07) is 20.7. The molecule has 0 amide bonds. The zero-order valence-electron chi connectivity index (χ0n) is 21.7.